The molecule has 23 heavy (non-hydrogen) atoms. The highest BCUT2D eigenvalue weighted by atomic mass is 16.7. The zero-order valence-electron chi connectivity index (χ0n) is 12.3. The molecule has 1 fully saturated rings. The summed E-state index contributed by atoms with van der Waals surface area (Å²) in [5.41, 5.74) is 0.813. The molecule has 1 heterocycles. The Balaban J connectivity index is 1.99. The van der Waals surface area contributed by atoms with Crippen LogP contribution in [0, 0.1) is 0 Å². The molecule has 1 aliphatic heterocycles. The largest absolute Gasteiger partial charge is 0.481 e. The van der Waals surface area contributed by atoms with Crippen molar-refractivity contribution in [2.75, 3.05) is 6.61 Å². The Bertz CT molecular complexity index is 515. The molecule has 0 bridgehead atoms. The topological polar surface area (TPSA) is 137 Å². The minimum Gasteiger partial charge on any atom is -0.481 e. The summed E-state index contributed by atoms with van der Waals surface area (Å²) >= 11 is 0. The number of carboxylic acid groups (broad SMARTS) is 1. The maximum atomic E-state index is 10.5. The summed E-state index contributed by atoms with van der Waals surface area (Å²) in [5.74, 6) is -0.542. The van der Waals surface area contributed by atoms with Crippen LogP contribution >= 0.6 is 0 Å². The van der Waals surface area contributed by atoms with Gasteiger partial charge in [0.2, 0.25) is 6.29 Å². The molecule has 1 aliphatic rings. The normalized spacial score (nSPS) is 30.9. The lowest BCUT2D eigenvalue weighted by Crippen LogP contribution is -2.60. The van der Waals surface area contributed by atoms with Gasteiger partial charge in [0, 0.05) is 6.42 Å². The number of carboxylic acids is 1. The van der Waals surface area contributed by atoms with Crippen molar-refractivity contribution in [3.8, 4) is 5.75 Å². The van der Waals surface area contributed by atoms with E-state index >= 15 is 0 Å². The van der Waals surface area contributed by atoms with Crippen LogP contribution in [0.15, 0.2) is 24.3 Å². The molecule has 8 heteroatoms. The summed E-state index contributed by atoms with van der Waals surface area (Å²) in [7, 11) is 0. The van der Waals surface area contributed by atoms with Gasteiger partial charge in [-0.15, -0.1) is 0 Å². The Morgan fingerprint density at radius 2 is 1.74 bits per heavy atom. The van der Waals surface area contributed by atoms with E-state index in [1.165, 1.54) is 0 Å². The van der Waals surface area contributed by atoms with E-state index in [9.17, 15) is 20.1 Å². The zero-order valence-corrected chi connectivity index (χ0v) is 12.3. The number of ether oxygens (including phenoxy) is 2. The number of rotatable bonds is 6. The molecular weight excluding hydrogens is 308 g/mol. The number of hydrogen-bond acceptors (Lipinski definition) is 7. The summed E-state index contributed by atoms with van der Waals surface area (Å²) in [6.45, 7) is -0.529. The van der Waals surface area contributed by atoms with Crippen LogP contribution in [0.4, 0.5) is 0 Å². The van der Waals surface area contributed by atoms with Gasteiger partial charge in [0.05, 0.1) is 6.61 Å². The molecule has 8 nitrogen and oxygen atoms in total. The van der Waals surface area contributed by atoms with E-state index in [4.69, 9.17) is 19.7 Å². The number of aryl methyl sites for hydroxylation is 1. The molecule has 5 N–H and O–H groups in total. The lowest BCUT2D eigenvalue weighted by molar-refractivity contribution is -0.277. The maximum absolute atomic E-state index is 10.5. The van der Waals surface area contributed by atoms with E-state index in [0.29, 0.717) is 12.2 Å². The van der Waals surface area contributed by atoms with Gasteiger partial charge >= 0.3 is 5.97 Å². The predicted octanol–water partition coefficient (Wildman–Crippen LogP) is -1.12. The zero-order chi connectivity index (χ0) is 17.0. The number of aliphatic hydroxyl groups excluding tert-OH is 4. The van der Waals surface area contributed by atoms with Gasteiger partial charge < -0.3 is 35.0 Å². The molecule has 2 rings (SSSR count). The van der Waals surface area contributed by atoms with Crippen molar-refractivity contribution in [1.29, 1.82) is 0 Å². The fourth-order valence-electron chi connectivity index (χ4n) is 2.28. The van der Waals surface area contributed by atoms with Crippen molar-refractivity contribution in [2.24, 2.45) is 0 Å². The molecule has 1 saturated heterocycles. The maximum Gasteiger partial charge on any atom is 0.303 e. The van der Waals surface area contributed by atoms with E-state index in [-0.39, 0.29) is 6.42 Å². The highest BCUT2D eigenvalue weighted by Gasteiger charge is 2.44. The molecule has 128 valence electrons. The molecule has 1 aromatic rings. The van der Waals surface area contributed by atoms with Crippen LogP contribution in [0.5, 0.6) is 5.75 Å². The average Bonchev–Trinajstić information content (AvgIpc) is 2.54. The van der Waals surface area contributed by atoms with Gasteiger partial charge in [-0.1, -0.05) is 12.1 Å². The van der Waals surface area contributed by atoms with Gasteiger partial charge in [0.1, 0.15) is 30.2 Å². The van der Waals surface area contributed by atoms with Crippen molar-refractivity contribution in [2.45, 2.75) is 43.5 Å². The molecule has 0 radical (unpaired) electrons. The van der Waals surface area contributed by atoms with Gasteiger partial charge in [-0.05, 0) is 24.1 Å². The molecule has 1 aromatic carbocycles. The van der Waals surface area contributed by atoms with Crippen molar-refractivity contribution in [3.63, 3.8) is 0 Å². The number of hydrogen-bond donors (Lipinski definition) is 5. The molecule has 0 aromatic heterocycles. The Morgan fingerprint density at radius 3 is 2.30 bits per heavy atom. The van der Waals surface area contributed by atoms with Gasteiger partial charge in [-0.3, -0.25) is 4.79 Å². The van der Waals surface area contributed by atoms with Crippen LogP contribution in [-0.2, 0) is 16.0 Å². The number of aliphatic hydroxyl groups is 4. The summed E-state index contributed by atoms with van der Waals surface area (Å²) in [6.07, 6.45) is -6.28. The second-order valence-electron chi connectivity index (χ2n) is 5.35. The third-order valence-corrected chi connectivity index (χ3v) is 3.65. The quantitative estimate of drug-likeness (QED) is 0.443. The number of carbonyl (C=O) groups is 1. The molecule has 0 amide bonds. The highest BCUT2D eigenvalue weighted by molar-refractivity contribution is 5.67. The van der Waals surface area contributed by atoms with Gasteiger partial charge in [-0.2, -0.15) is 0 Å². The van der Waals surface area contributed by atoms with Crippen LogP contribution in [0.1, 0.15) is 12.0 Å². The Morgan fingerprint density at radius 1 is 1.09 bits per heavy atom. The van der Waals surface area contributed by atoms with Crippen LogP contribution in [0.2, 0.25) is 0 Å². The summed E-state index contributed by atoms with van der Waals surface area (Å²) in [6, 6.07) is 6.53. The van der Waals surface area contributed by atoms with E-state index in [0.717, 1.165) is 5.56 Å². The van der Waals surface area contributed by atoms with Crippen molar-refractivity contribution in [1.82, 2.24) is 0 Å². The standard InChI is InChI=1S/C15H20O8/c16-7-10-12(19)13(20)14(21)15(23-10)22-9-4-1-8(2-5-9)3-6-11(17)18/h1-2,4-5,10,12-16,19-21H,3,6-7H2,(H,17,18)/t10?,12-,13?,14-,15+/m0/s1. The van der Waals surface area contributed by atoms with E-state index < -0.39 is 43.3 Å². The number of benzene rings is 1. The summed E-state index contributed by atoms with van der Waals surface area (Å²) in [4.78, 5) is 10.5. The molecule has 2 unspecified atom stereocenters. The second kappa shape index (κ2) is 7.71. The first-order valence-electron chi connectivity index (χ1n) is 7.20. The van der Waals surface area contributed by atoms with Crippen molar-refractivity contribution in [3.05, 3.63) is 29.8 Å². The predicted molar refractivity (Wildman–Crippen MR) is 76.8 cm³/mol. The minimum absolute atomic E-state index is 0.0207. The Labute approximate surface area is 132 Å². The van der Waals surface area contributed by atoms with Crippen molar-refractivity contribution < 1.29 is 39.8 Å². The molecule has 0 saturated carbocycles. The second-order valence-corrected chi connectivity index (χ2v) is 5.35. The van der Waals surface area contributed by atoms with Gasteiger partial charge in [-0.25, -0.2) is 0 Å². The minimum atomic E-state index is -1.50. The van der Waals surface area contributed by atoms with E-state index in [2.05, 4.69) is 0 Å². The van der Waals surface area contributed by atoms with E-state index in [1.54, 1.807) is 24.3 Å². The van der Waals surface area contributed by atoms with E-state index in [1.807, 2.05) is 0 Å². The van der Waals surface area contributed by atoms with Crippen LogP contribution < -0.4 is 4.74 Å². The lowest BCUT2D eigenvalue weighted by Gasteiger charge is -2.39. The molecule has 5 atom stereocenters. The summed E-state index contributed by atoms with van der Waals surface area (Å²) in [5, 5.41) is 47.0. The average molecular weight is 328 g/mol. The third kappa shape index (κ3) is 4.40. The first-order valence-corrected chi connectivity index (χ1v) is 7.20. The first kappa shape index (κ1) is 17.6. The van der Waals surface area contributed by atoms with Crippen LogP contribution in [0.3, 0.4) is 0 Å². The van der Waals surface area contributed by atoms with Gasteiger partial charge in [0.25, 0.3) is 0 Å². The fraction of sp³-hybridized carbons (Fsp3) is 0.533. The molecular formula is C15H20O8. The Hall–Kier alpha value is -1.71. The van der Waals surface area contributed by atoms with Gasteiger partial charge in [0.15, 0.2) is 0 Å². The molecule has 0 spiro atoms. The highest BCUT2D eigenvalue weighted by Crippen LogP contribution is 2.24. The lowest BCUT2D eigenvalue weighted by atomic mass is 9.99. The Kier molecular flexibility index (Phi) is 5.91. The SMILES string of the molecule is O=C(O)CCc1ccc(O[C@@H]2OC(CO)[C@H](O)C(O)[C@@H]2O)cc1. The first-order chi connectivity index (χ1) is 10.9. The molecule has 0 aliphatic carbocycles. The van der Waals surface area contributed by atoms with Crippen LogP contribution in [0.25, 0.3) is 0 Å². The number of aliphatic carboxylic acids is 1. The smallest absolute Gasteiger partial charge is 0.303 e. The van der Waals surface area contributed by atoms with Crippen LogP contribution in [-0.4, -0.2) is 68.8 Å². The monoisotopic (exact) mass is 328 g/mol. The summed E-state index contributed by atoms with van der Waals surface area (Å²) < 4.78 is 10.7. The van der Waals surface area contributed by atoms with Crippen molar-refractivity contribution >= 4 is 5.97 Å². The third-order valence-electron chi connectivity index (χ3n) is 3.65. The fourth-order valence-corrected chi connectivity index (χ4v) is 2.28.